The number of nitrogens with zero attached hydrogens (tertiary/aromatic N) is 1. The zero-order valence-electron chi connectivity index (χ0n) is 13.7. The molecule has 2 aliphatic heterocycles. The van der Waals surface area contributed by atoms with Gasteiger partial charge in [-0.1, -0.05) is 0 Å². The second kappa shape index (κ2) is 6.29. The zero-order chi connectivity index (χ0) is 16.6. The number of hydrogen-bond acceptors (Lipinski definition) is 4. The Morgan fingerprint density at radius 2 is 1.74 bits per heavy atom. The van der Waals surface area contributed by atoms with Gasteiger partial charge in [-0.3, -0.25) is 9.59 Å². The van der Waals surface area contributed by atoms with Crippen molar-refractivity contribution < 1.29 is 24.0 Å². The number of rotatable bonds is 3. The monoisotopic (exact) mass is 319 g/mol. The third kappa shape index (κ3) is 3.09. The van der Waals surface area contributed by atoms with Crippen LogP contribution in [0.2, 0.25) is 0 Å². The van der Waals surface area contributed by atoms with E-state index in [1.807, 2.05) is 13.8 Å². The van der Waals surface area contributed by atoms with Crippen LogP contribution in [-0.4, -0.2) is 50.3 Å². The Hall–Kier alpha value is -1.92. The van der Waals surface area contributed by atoms with Crippen LogP contribution in [0, 0.1) is 0 Å². The summed E-state index contributed by atoms with van der Waals surface area (Å²) < 4.78 is 10.8. The normalized spacial score (nSPS) is 31.5. The highest BCUT2D eigenvalue weighted by atomic mass is 16.5. The summed E-state index contributed by atoms with van der Waals surface area (Å²) in [5.74, 6) is 0.451. The quantitative estimate of drug-likeness (QED) is 0.798. The molecule has 0 spiro atoms. The molecule has 2 saturated heterocycles. The fraction of sp³-hybridized carbons (Fsp3) is 0.529. The molecular formula is C17H23N2O4+. The fourth-order valence-corrected chi connectivity index (χ4v) is 3.55. The molecule has 1 aromatic carbocycles. The van der Waals surface area contributed by atoms with Gasteiger partial charge in [-0.15, -0.1) is 0 Å². The maximum atomic E-state index is 12.8. The summed E-state index contributed by atoms with van der Waals surface area (Å²) in [6.07, 6.45) is 0.470. The molecule has 2 heterocycles. The maximum absolute atomic E-state index is 12.8. The van der Waals surface area contributed by atoms with E-state index in [0.717, 1.165) is 18.0 Å². The molecule has 0 bridgehead atoms. The van der Waals surface area contributed by atoms with Crippen molar-refractivity contribution >= 4 is 17.5 Å². The lowest BCUT2D eigenvalue weighted by molar-refractivity contribution is -0.929. The minimum atomic E-state index is -0.307. The number of ether oxygens (including phenoxy) is 2. The predicted octanol–water partition coefficient (Wildman–Crippen LogP) is 0.0192. The molecule has 23 heavy (non-hydrogen) atoms. The van der Waals surface area contributed by atoms with Gasteiger partial charge in [0.15, 0.2) is 6.04 Å². The third-order valence-corrected chi connectivity index (χ3v) is 4.53. The largest absolute Gasteiger partial charge is 0.497 e. The van der Waals surface area contributed by atoms with Crippen molar-refractivity contribution in [3.63, 3.8) is 0 Å². The highest BCUT2D eigenvalue weighted by molar-refractivity contribution is 6.21. The topological polar surface area (TPSA) is 60.3 Å². The Bertz CT molecular complexity index is 591. The van der Waals surface area contributed by atoms with Crippen LogP contribution in [0.1, 0.15) is 20.3 Å². The Labute approximate surface area is 136 Å². The lowest BCUT2D eigenvalue weighted by atomic mass is 10.1. The number of methoxy groups -OCH3 is 1. The fourth-order valence-electron chi connectivity index (χ4n) is 3.55. The first kappa shape index (κ1) is 16.0. The van der Waals surface area contributed by atoms with Crippen LogP contribution in [-0.2, 0) is 14.3 Å². The zero-order valence-corrected chi connectivity index (χ0v) is 13.7. The van der Waals surface area contributed by atoms with Gasteiger partial charge in [-0.05, 0) is 38.1 Å². The molecule has 2 aliphatic rings. The number of benzene rings is 1. The second-order valence-electron chi connectivity index (χ2n) is 6.35. The van der Waals surface area contributed by atoms with Crippen molar-refractivity contribution in [2.24, 2.45) is 0 Å². The molecular weight excluding hydrogens is 296 g/mol. The number of imide groups is 1. The lowest BCUT2D eigenvalue weighted by Gasteiger charge is -2.34. The van der Waals surface area contributed by atoms with Crippen molar-refractivity contribution in [2.45, 2.75) is 38.5 Å². The predicted molar refractivity (Wildman–Crippen MR) is 84.6 cm³/mol. The van der Waals surface area contributed by atoms with Gasteiger partial charge in [0.25, 0.3) is 5.91 Å². The Balaban J connectivity index is 1.79. The van der Waals surface area contributed by atoms with Crippen LogP contribution in [0.3, 0.4) is 0 Å². The number of amides is 2. The Morgan fingerprint density at radius 3 is 2.30 bits per heavy atom. The highest BCUT2D eigenvalue weighted by Crippen LogP contribution is 2.24. The van der Waals surface area contributed by atoms with Crippen molar-refractivity contribution in [1.82, 2.24) is 0 Å². The Morgan fingerprint density at radius 1 is 1.13 bits per heavy atom. The first-order chi connectivity index (χ1) is 11.0. The van der Waals surface area contributed by atoms with Gasteiger partial charge >= 0.3 is 0 Å². The summed E-state index contributed by atoms with van der Waals surface area (Å²) in [6, 6.07) is 6.70. The molecule has 1 unspecified atom stereocenters. The van der Waals surface area contributed by atoms with E-state index in [4.69, 9.17) is 9.47 Å². The van der Waals surface area contributed by atoms with E-state index in [1.165, 1.54) is 4.90 Å². The van der Waals surface area contributed by atoms with Crippen LogP contribution in [0.4, 0.5) is 5.69 Å². The first-order valence-electron chi connectivity index (χ1n) is 8.00. The number of carbonyl (C=O) groups excluding carboxylic acids is 2. The minimum Gasteiger partial charge on any atom is -0.497 e. The van der Waals surface area contributed by atoms with Gasteiger partial charge in [0, 0.05) is 0 Å². The van der Waals surface area contributed by atoms with Gasteiger partial charge in [0.05, 0.1) is 19.2 Å². The van der Waals surface area contributed by atoms with Crippen molar-refractivity contribution in [2.75, 3.05) is 25.1 Å². The van der Waals surface area contributed by atoms with Crippen LogP contribution < -0.4 is 14.5 Å². The van der Waals surface area contributed by atoms with Crippen LogP contribution in [0.5, 0.6) is 5.75 Å². The first-order valence-corrected chi connectivity index (χ1v) is 8.00. The van der Waals surface area contributed by atoms with Gasteiger partial charge in [-0.25, -0.2) is 4.90 Å². The molecule has 0 aromatic heterocycles. The molecule has 0 saturated carbocycles. The van der Waals surface area contributed by atoms with E-state index in [0.29, 0.717) is 11.4 Å². The summed E-state index contributed by atoms with van der Waals surface area (Å²) in [5.41, 5.74) is 0.608. The van der Waals surface area contributed by atoms with Crippen molar-refractivity contribution in [1.29, 1.82) is 0 Å². The molecule has 2 amide bonds. The third-order valence-electron chi connectivity index (χ3n) is 4.53. The summed E-state index contributed by atoms with van der Waals surface area (Å²) in [5, 5.41) is 0. The molecule has 4 atom stereocenters. The van der Waals surface area contributed by atoms with Gasteiger partial charge in [0.2, 0.25) is 5.91 Å². The molecule has 124 valence electrons. The minimum absolute atomic E-state index is 0.103. The van der Waals surface area contributed by atoms with Crippen LogP contribution in [0.25, 0.3) is 0 Å². The average molecular weight is 319 g/mol. The number of morpholine rings is 1. The van der Waals surface area contributed by atoms with E-state index < -0.39 is 0 Å². The maximum Gasteiger partial charge on any atom is 0.292 e. The standard InChI is InChI=1S/C17H22N2O4/c1-11-9-18(10-12(2)23-11)15-8-16(20)19(17(15)21)13-4-6-14(22-3)7-5-13/h4-7,11-12,15H,8-10H2,1-3H3/p+1/t11-,12+,15-/m1/s1. The molecule has 3 rings (SSSR count). The van der Waals surface area contributed by atoms with E-state index in [2.05, 4.69) is 0 Å². The Kier molecular flexibility index (Phi) is 4.37. The highest BCUT2D eigenvalue weighted by Gasteiger charge is 2.47. The van der Waals surface area contributed by atoms with Crippen molar-refractivity contribution in [3.8, 4) is 5.75 Å². The van der Waals surface area contributed by atoms with E-state index >= 15 is 0 Å². The van der Waals surface area contributed by atoms with Gasteiger partial charge < -0.3 is 14.4 Å². The van der Waals surface area contributed by atoms with Gasteiger partial charge in [0.1, 0.15) is 31.0 Å². The molecule has 0 aliphatic carbocycles. The van der Waals surface area contributed by atoms with E-state index in [1.54, 1.807) is 31.4 Å². The number of hydrogen-bond donors (Lipinski definition) is 1. The summed E-state index contributed by atoms with van der Waals surface area (Å²) in [6.45, 7) is 5.53. The molecule has 6 heteroatoms. The van der Waals surface area contributed by atoms with E-state index in [9.17, 15) is 9.59 Å². The molecule has 1 N–H and O–H groups in total. The number of carbonyl (C=O) groups is 2. The average Bonchev–Trinajstić information content (AvgIpc) is 2.81. The summed E-state index contributed by atoms with van der Waals surface area (Å²) in [7, 11) is 1.58. The lowest BCUT2D eigenvalue weighted by Crippen LogP contribution is -3.19. The van der Waals surface area contributed by atoms with Crippen LogP contribution >= 0.6 is 0 Å². The number of anilines is 1. The molecule has 1 aromatic rings. The van der Waals surface area contributed by atoms with E-state index in [-0.39, 0.29) is 36.5 Å². The van der Waals surface area contributed by atoms with Crippen molar-refractivity contribution in [3.05, 3.63) is 24.3 Å². The SMILES string of the molecule is COc1ccc(N2C(=O)C[C@@H]([NH+]3C[C@@H](C)O[C@@H](C)C3)C2=O)cc1. The molecule has 6 nitrogen and oxygen atoms in total. The summed E-state index contributed by atoms with van der Waals surface area (Å²) in [4.78, 5) is 27.6. The summed E-state index contributed by atoms with van der Waals surface area (Å²) >= 11 is 0. The number of quaternary nitrogens is 1. The number of nitrogens with one attached hydrogen (secondary N) is 1. The molecule has 0 radical (unpaired) electrons. The van der Waals surface area contributed by atoms with Gasteiger partial charge in [-0.2, -0.15) is 0 Å². The second-order valence-corrected chi connectivity index (χ2v) is 6.35. The molecule has 2 fully saturated rings. The van der Waals surface area contributed by atoms with Crippen LogP contribution in [0.15, 0.2) is 24.3 Å². The smallest absolute Gasteiger partial charge is 0.292 e.